The number of aromatic nitrogens is 5. The number of nitrogens with zero attached hydrogens (tertiary/aromatic N) is 5. The maximum absolute atomic E-state index is 12.7. The molecule has 0 aliphatic carbocycles. The van der Waals surface area contributed by atoms with Crippen molar-refractivity contribution in [3.63, 3.8) is 0 Å². The summed E-state index contributed by atoms with van der Waals surface area (Å²) < 4.78 is 15.4. The van der Waals surface area contributed by atoms with Crippen molar-refractivity contribution in [2.45, 2.75) is 20.2 Å². The van der Waals surface area contributed by atoms with E-state index in [1.807, 2.05) is 49.4 Å². The van der Waals surface area contributed by atoms with Crippen LogP contribution in [0, 0.1) is 6.92 Å². The zero-order valence-corrected chi connectivity index (χ0v) is 19.2. The highest BCUT2D eigenvalue weighted by atomic mass is 79.9. The van der Waals surface area contributed by atoms with Gasteiger partial charge in [0.15, 0.2) is 12.4 Å². The van der Waals surface area contributed by atoms with Crippen molar-refractivity contribution in [2.24, 2.45) is 0 Å². The lowest BCUT2D eigenvalue weighted by Crippen LogP contribution is -2.19. The van der Waals surface area contributed by atoms with E-state index in [1.165, 1.54) is 0 Å². The lowest BCUT2D eigenvalue weighted by atomic mass is 10.1. The first-order valence-corrected chi connectivity index (χ1v) is 10.9. The van der Waals surface area contributed by atoms with E-state index in [9.17, 15) is 4.79 Å². The number of carbonyl (C=O) groups excluding carboxylic acids is 1. The Balaban J connectivity index is 1.26. The number of carbonyl (C=O) groups is 1. The van der Waals surface area contributed by atoms with Gasteiger partial charge in [0.1, 0.15) is 18.1 Å². The van der Waals surface area contributed by atoms with E-state index in [0.717, 1.165) is 32.6 Å². The summed E-state index contributed by atoms with van der Waals surface area (Å²) in [5.41, 5.74) is 2.85. The standard InChI is InChI=1S/C23H19BrN6O3/c1-15-22-19(20-3-2-10-32-20)8-9-25-23(22)30(28-15)13-21(31)27-17-11-26-29(12-17)14-33-18-6-4-16(24)5-7-18/h2-12H,13-14H2,1H3,(H,27,31). The molecule has 0 spiro atoms. The first-order valence-electron chi connectivity index (χ1n) is 10.1. The van der Waals surface area contributed by atoms with Crippen molar-refractivity contribution < 1.29 is 13.9 Å². The largest absolute Gasteiger partial charge is 0.471 e. The third-order valence-electron chi connectivity index (χ3n) is 4.98. The van der Waals surface area contributed by atoms with E-state index in [-0.39, 0.29) is 19.2 Å². The third-order valence-corrected chi connectivity index (χ3v) is 5.51. The summed E-state index contributed by atoms with van der Waals surface area (Å²) in [5.74, 6) is 1.21. The average Bonchev–Trinajstić information content (AvgIpc) is 3.55. The number of furan rings is 1. The Morgan fingerprint density at radius 3 is 2.85 bits per heavy atom. The Morgan fingerprint density at radius 2 is 2.06 bits per heavy atom. The number of ether oxygens (including phenoxy) is 1. The van der Waals surface area contributed by atoms with Crippen molar-refractivity contribution in [3.05, 3.63) is 77.5 Å². The number of hydrogen-bond donors (Lipinski definition) is 1. The lowest BCUT2D eigenvalue weighted by Gasteiger charge is -2.06. The van der Waals surface area contributed by atoms with Crippen molar-refractivity contribution in [2.75, 3.05) is 5.32 Å². The third kappa shape index (κ3) is 4.51. The fourth-order valence-corrected chi connectivity index (χ4v) is 3.80. The van der Waals surface area contributed by atoms with E-state index in [2.05, 4.69) is 36.4 Å². The zero-order chi connectivity index (χ0) is 22.8. The molecule has 0 unspecified atom stereocenters. The van der Waals surface area contributed by atoms with Gasteiger partial charge in [-0.15, -0.1) is 0 Å². The summed E-state index contributed by atoms with van der Waals surface area (Å²) in [6, 6.07) is 13.1. The van der Waals surface area contributed by atoms with Crippen molar-refractivity contribution >= 4 is 38.6 Å². The van der Waals surface area contributed by atoms with E-state index in [0.29, 0.717) is 11.3 Å². The molecule has 1 N–H and O–H groups in total. The Labute approximate surface area is 197 Å². The summed E-state index contributed by atoms with van der Waals surface area (Å²) in [6.45, 7) is 2.12. The van der Waals surface area contributed by atoms with Crippen LogP contribution in [0.15, 0.2) is 76.2 Å². The van der Waals surface area contributed by atoms with Crippen LogP contribution in [0.2, 0.25) is 0 Å². The van der Waals surface area contributed by atoms with Crippen molar-refractivity contribution in [1.82, 2.24) is 24.5 Å². The van der Waals surface area contributed by atoms with Crippen LogP contribution in [0.1, 0.15) is 5.69 Å². The molecule has 0 saturated heterocycles. The molecule has 33 heavy (non-hydrogen) atoms. The highest BCUT2D eigenvalue weighted by molar-refractivity contribution is 9.10. The average molecular weight is 507 g/mol. The van der Waals surface area contributed by atoms with Crippen LogP contribution in [0.25, 0.3) is 22.4 Å². The number of pyridine rings is 1. The Morgan fingerprint density at radius 1 is 1.21 bits per heavy atom. The molecule has 5 aromatic rings. The summed E-state index contributed by atoms with van der Waals surface area (Å²) in [6.07, 6.45) is 6.59. The van der Waals surface area contributed by atoms with Crippen molar-refractivity contribution in [1.29, 1.82) is 0 Å². The summed E-state index contributed by atoms with van der Waals surface area (Å²) in [7, 11) is 0. The van der Waals surface area contributed by atoms with Gasteiger partial charge >= 0.3 is 0 Å². The number of benzene rings is 1. The molecule has 5 rings (SSSR count). The molecule has 4 heterocycles. The van der Waals surface area contributed by atoms with Gasteiger partial charge in [-0.25, -0.2) is 14.3 Å². The van der Waals surface area contributed by atoms with Gasteiger partial charge in [0.25, 0.3) is 0 Å². The van der Waals surface area contributed by atoms with Gasteiger partial charge < -0.3 is 14.5 Å². The van der Waals surface area contributed by atoms with Gasteiger partial charge in [-0.1, -0.05) is 15.9 Å². The molecular formula is C23H19BrN6O3. The van der Waals surface area contributed by atoms with Crippen LogP contribution in [0.5, 0.6) is 5.75 Å². The van der Waals surface area contributed by atoms with Crippen molar-refractivity contribution in [3.8, 4) is 17.1 Å². The SMILES string of the molecule is Cc1nn(CC(=O)Nc2cnn(COc3ccc(Br)cc3)c2)c2nccc(-c3ccco3)c12. The fraction of sp³-hybridized carbons (Fsp3) is 0.130. The normalized spacial score (nSPS) is 11.1. The minimum Gasteiger partial charge on any atom is -0.471 e. The number of halogens is 1. The predicted octanol–water partition coefficient (Wildman–Crippen LogP) is 4.63. The number of amides is 1. The molecule has 0 bridgehead atoms. The van der Waals surface area contributed by atoms with E-state index in [4.69, 9.17) is 9.15 Å². The molecule has 1 amide bonds. The Hall–Kier alpha value is -3.92. The first kappa shape index (κ1) is 21.0. The molecular weight excluding hydrogens is 488 g/mol. The Bertz CT molecular complexity index is 1410. The maximum Gasteiger partial charge on any atom is 0.246 e. The summed E-state index contributed by atoms with van der Waals surface area (Å²) in [4.78, 5) is 17.1. The topological polar surface area (TPSA) is 100 Å². The van der Waals surface area contributed by atoms with E-state index in [1.54, 1.807) is 34.2 Å². The van der Waals surface area contributed by atoms with Gasteiger partial charge in [0, 0.05) is 16.2 Å². The van der Waals surface area contributed by atoms with Crippen LogP contribution in [-0.4, -0.2) is 30.5 Å². The summed E-state index contributed by atoms with van der Waals surface area (Å²) in [5, 5.41) is 12.5. The molecule has 0 fully saturated rings. The second-order valence-electron chi connectivity index (χ2n) is 7.32. The molecule has 10 heteroatoms. The predicted molar refractivity (Wildman–Crippen MR) is 126 cm³/mol. The molecule has 0 aliphatic rings. The highest BCUT2D eigenvalue weighted by Gasteiger charge is 2.17. The minimum atomic E-state index is -0.238. The molecule has 166 valence electrons. The van der Waals surface area contributed by atoms with Crippen LogP contribution in [-0.2, 0) is 18.1 Å². The zero-order valence-electron chi connectivity index (χ0n) is 17.6. The number of nitrogens with one attached hydrogen (secondary N) is 1. The smallest absolute Gasteiger partial charge is 0.246 e. The van der Waals surface area contributed by atoms with E-state index < -0.39 is 0 Å². The Kier molecular flexibility index (Phi) is 5.66. The minimum absolute atomic E-state index is 0.0134. The van der Waals surface area contributed by atoms with Crippen LogP contribution >= 0.6 is 15.9 Å². The number of hydrogen-bond acceptors (Lipinski definition) is 6. The molecule has 4 aromatic heterocycles. The quantitative estimate of drug-likeness (QED) is 0.345. The molecule has 0 saturated carbocycles. The molecule has 0 atom stereocenters. The van der Waals surface area contributed by atoms with Crippen LogP contribution in [0.3, 0.4) is 0 Å². The maximum atomic E-state index is 12.7. The number of anilines is 1. The van der Waals surface area contributed by atoms with Gasteiger partial charge in [0.05, 0.1) is 35.4 Å². The van der Waals surface area contributed by atoms with Gasteiger partial charge in [-0.3, -0.25) is 4.79 Å². The molecule has 0 aliphatic heterocycles. The van der Waals surface area contributed by atoms with E-state index >= 15 is 0 Å². The van der Waals surface area contributed by atoms with Gasteiger partial charge in [-0.2, -0.15) is 10.2 Å². The number of fused-ring (bicyclic) bond motifs is 1. The highest BCUT2D eigenvalue weighted by Crippen LogP contribution is 2.30. The van der Waals surface area contributed by atoms with Gasteiger partial charge in [0.2, 0.25) is 5.91 Å². The molecule has 1 aromatic carbocycles. The monoisotopic (exact) mass is 506 g/mol. The number of aryl methyl sites for hydroxylation is 1. The first-order chi connectivity index (χ1) is 16.1. The summed E-state index contributed by atoms with van der Waals surface area (Å²) >= 11 is 3.39. The number of rotatable bonds is 7. The van der Waals surface area contributed by atoms with Gasteiger partial charge in [-0.05, 0) is 49.4 Å². The molecule has 9 nitrogen and oxygen atoms in total. The van der Waals surface area contributed by atoms with Crippen LogP contribution < -0.4 is 10.1 Å². The second kappa shape index (κ2) is 8.91. The lowest BCUT2D eigenvalue weighted by molar-refractivity contribution is -0.116. The molecule has 0 radical (unpaired) electrons. The fourth-order valence-electron chi connectivity index (χ4n) is 3.54. The van der Waals surface area contributed by atoms with Crippen LogP contribution in [0.4, 0.5) is 5.69 Å². The second-order valence-corrected chi connectivity index (χ2v) is 8.24.